The van der Waals surface area contributed by atoms with Gasteiger partial charge in [0.1, 0.15) is 11.9 Å². The van der Waals surface area contributed by atoms with Gasteiger partial charge in [0.25, 0.3) is 0 Å². The molecule has 3 nitrogen and oxygen atoms in total. The third kappa shape index (κ3) is 4.07. The van der Waals surface area contributed by atoms with Gasteiger partial charge in [-0.3, -0.25) is 4.79 Å². The molecule has 2 aliphatic rings. The number of hydrogen-bond acceptors (Lipinski definition) is 2. The normalized spacial score (nSPS) is 19.1. The molecular formula is C22H22F3NO2. The highest BCUT2D eigenvalue weighted by Crippen LogP contribution is 2.41. The first kappa shape index (κ1) is 19.0. The second-order valence-electron chi connectivity index (χ2n) is 7.56. The zero-order chi connectivity index (χ0) is 19.7. The summed E-state index contributed by atoms with van der Waals surface area (Å²) < 4.78 is 47.1. The summed E-state index contributed by atoms with van der Waals surface area (Å²) in [6, 6.07) is 9.10. The van der Waals surface area contributed by atoms with Crippen molar-refractivity contribution in [2.24, 2.45) is 5.92 Å². The summed E-state index contributed by atoms with van der Waals surface area (Å²) in [6.45, 7) is 1.04. The van der Waals surface area contributed by atoms with E-state index in [0.29, 0.717) is 36.6 Å². The van der Waals surface area contributed by atoms with Crippen LogP contribution in [0.3, 0.4) is 0 Å². The monoisotopic (exact) mass is 389 g/mol. The molecule has 1 heterocycles. The topological polar surface area (TPSA) is 29.5 Å². The van der Waals surface area contributed by atoms with E-state index >= 15 is 0 Å². The van der Waals surface area contributed by atoms with E-state index in [0.717, 1.165) is 31.4 Å². The molecule has 0 bridgehead atoms. The number of hydrogen-bond donors (Lipinski definition) is 0. The van der Waals surface area contributed by atoms with Crippen molar-refractivity contribution in [2.75, 3.05) is 13.2 Å². The van der Waals surface area contributed by atoms with E-state index in [9.17, 15) is 18.0 Å². The van der Waals surface area contributed by atoms with Crippen molar-refractivity contribution in [1.29, 1.82) is 0 Å². The number of rotatable bonds is 7. The maximum atomic E-state index is 14.0. The molecule has 2 atom stereocenters. The first-order valence-corrected chi connectivity index (χ1v) is 9.64. The Morgan fingerprint density at radius 1 is 1.00 bits per heavy atom. The maximum absolute atomic E-state index is 14.0. The molecule has 1 unspecified atom stereocenters. The molecule has 1 aliphatic carbocycles. The Labute approximate surface area is 162 Å². The van der Waals surface area contributed by atoms with E-state index < -0.39 is 23.8 Å². The van der Waals surface area contributed by atoms with Gasteiger partial charge in [0.2, 0.25) is 5.91 Å². The summed E-state index contributed by atoms with van der Waals surface area (Å²) in [5.41, 5.74) is 1.18. The average molecular weight is 389 g/mol. The second kappa shape index (κ2) is 7.95. The molecule has 0 aromatic heterocycles. The van der Waals surface area contributed by atoms with Crippen molar-refractivity contribution >= 4 is 5.91 Å². The lowest BCUT2D eigenvalue weighted by Gasteiger charge is -2.35. The van der Waals surface area contributed by atoms with Crippen LogP contribution in [-0.4, -0.2) is 24.0 Å². The molecule has 1 saturated carbocycles. The fourth-order valence-electron chi connectivity index (χ4n) is 3.72. The van der Waals surface area contributed by atoms with Gasteiger partial charge in [0, 0.05) is 13.0 Å². The van der Waals surface area contributed by atoms with Gasteiger partial charge in [-0.05, 0) is 60.6 Å². The van der Waals surface area contributed by atoms with Crippen LogP contribution in [0.2, 0.25) is 0 Å². The number of carbonyl (C=O) groups excluding carboxylic acids is 1. The number of nitrogens with zero attached hydrogens (tertiary/aromatic N) is 1. The van der Waals surface area contributed by atoms with Crippen molar-refractivity contribution in [3.8, 4) is 0 Å². The Kier molecular flexibility index (Phi) is 5.40. The van der Waals surface area contributed by atoms with Crippen LogP contribution in [0.4, 0.5) is 13.2 Å². The third-order valence-electron chi connectivity index (χ3n) is 5.42. The number of likely N-dealkylation sites (tertiary alicyclic amines) is 1. The molecular weight excluding hydrogens is 367 g/mol. The van der Waals surface area contributed by atoms with E-state index in [1.807, 2.05) is 0 Å². The zero-order valence-corrected chi connectivity index (χ0v) is 15.4. The number of ether oxygens (including phenoxy) is 1. The third-order valence-corrected chi connectivity index (χ3v) is 5.42. The fourth-order valence-corrected chi connectivity index (χ4v) is 3.72. The van der Waals surface area contributed by atoms with Crippen LogP contribution in [0.1, 0.15) is 49.0 Å². The van der Waals surface area contributed by atoms with Crippen LogP contribution in [0.5, 0.6) is 0 Å². The van der Waals surface area contributed by atoms with Gasteiger partial charge in [-0.1, -0.05) is 18.2 Å². The Bertz CT molecular complexity index is 851. The van der Waals surface area contributed by atoms with E-state index in [1.54, 1.807) is 17.0 Å². The fraction of sp³-hybridized carbons (Fsp3) is 0.409. The lowest BCUT2D eigenvalue weighted by atomic mass is 9.94. The summed E-state index contributed by atoms with van der Waals surface area (Å²) >= 11 is 0. The van der Waals surface area contributed by atoms with Gasteiger partial charge >= 0.3 is 0 Å². The lowest BCUT2D eigenvalue weighted by Crippen LogP contribution is -2.35. The predicted molar refractivity (Wildman–Crippen MR) is 97.9 cm³/mol. The highest BCUT2D eigenvalue weighted by atomic mass is 19.2. The maximum Gasteiger partial charge on any atom is 0.223 e. The van der Waals surface area contributed by atoms with E-state index in [-0.39, 0.29) is 11.7 Å². The molecule has 0 N–H and O–H groups in total. The summed E-state index contributed by atoms with van der Waals surface area (Å²) in [5.74, 6) is -1.82. The summed E-state index contributed by atoms with van der Waals surface area (Å²) in [5, 5.41) is 0. The van der Waals surface area contributed by atoms with E-state index in [4.69, 9.17) is 4.74 Å². The standard InChI is InChI=1S/C22H22F3NO2/c23-17-8-5-15(6-9-17)21(26-11-1-2-20(26)27)22(28-13-14-3-4-14)16-7-10-18(24)19(25)12-16/h5-10,12,14,21-22H,1-4,11,13H2/t21?,22-/m0/s1. The van der Waals surface area contributed by atoms with E-state index in [1.165, 1.54) is 18.2 Å². The highest BCUT2D eigenvalue weighted by Gasteiger charge is 2.37. The molecule has 148 valence electrons. The van der Waals surface area contributed by atoms with Gasteiger partial charge in [0.15, 0.2) is 11.6 Å². The van der Waals surface area contributed by atoms with Crippen molar-refractivity contribution in [2.45, 2.75) is 37.8 Å². The quantitative estimate of drug-likeness (QED) is 0.672. The first-order valence-electron chi connectivity index (χ1n) is 9.64. The zero-order valence-electron chi connectivity index (χ0n) is 15.4. The minimum absolute atomic E-state index is 0.0167. The molecule has 2 aromatic carbocycles. The Morgan fingerprint density at radius 2 is 1.71 bits per heavy atom. The van der Waals surface area contributed by atoms with Crippen LogP contribution < -0.4 is 0 Å². The lowest BCUT2D eigenvalue weighted by molar-refractivity contribution is -0.133. The number of benzene rings is 2. The van der Waals surface area contributed by atoms with Gasteiger partial charge in [-0.15, -0.1) is 0 Å². The van der Waals surface area contributed by atoms with Gasteiger partial charge in [0.05, 0.1) is 12.6 Å². The summed E-state index contributed by atoms with van der Waals surface area (Å²) in [4.78, 5) is 14.2. The molecule has 0 radical (unpaired) electrons. The first-order chi connectivity index (χ1) is 13.5. The van der Waals surface area contributed by atoms with Crippen molar-refractivity contribution in [3.05, 3.63) is 71.0 Å². The molecule has 0 spiro atoms. The van der Waals surface area contributed by atoms with E-state index in [2.05, 4.69) is 0 Å². The van der Waals surface area contributed by atoms with Crippen molar-refractivity contribution in [3.63, 3.8) is 0 Å². The molecule has 28 heavy (non-hydrogen) atoms. The second-order valence-corrected chi connectivity index (χ2v) is 7.56. The van der Waals surface area contributed by atoms with Crippen molar-refractivity contribution in [1.82, 2.24) is 4.90 Å². The summed E-state index contributed by atoms with van der Waals surface area (Å²) in [6.07, 6.45) is 2.65. The van der Waals surface area contributed by atoms with Crippen molar-refractivity contribution < 1.29 is 22.7 Å². The van der Waals surface area contributed by atoms with Crippen LogP contribution >= 0.6 is 0 Å². The summed E-state index contributed by atoms with van der Waals surface area (Å²) in [7, 11) is 0. The Hall–Kier alpha value is -2.34. The van der Waals surface area contributed by atoms with Gasteiger partial charge in [-0.25, -0.2) is 13.2 Å². The minimum atomic E-state index is -0.955. The van der Waals surface area contributed by atoms with Crippen LogP contribution in [0.15, 0.2) is 42.5 Å². The Morgan fingerprint density at radius 3 is 2.32 bits per heavy atom. The highest BCUT2D eigenvalue weighted by molar-refractivity contribution is 5.78. The molecule has 6 heteroatoms. The number of halogens is 3. The largest absolute Gasteiger partial charge is 0.371 e. The van der Waals surface area contributed by atoms with Gasteiger partial charge < -0.3 is 9.64 Å². The van der Waals surface area contributed by atoms with Crippen LogP contribution in [-0.2, 0) is 9.53 Å². The molecule has 1 saturated heterocycles. The molecule has 1 aliphatic heterocycles. The molecule has 4 rings (SSSR count). The minimum Gasteiger partial charge on any atom is -0.371 e. The van der Waals surface area contributed by atoms with Crippen LogP contribution in [0.25, 0.3) is 0 Å². The molecule has 1 amide bonds. The number of carbonyl (C=O) groups is 1. The van der Waals surface area contributed by atoms with Crippen LogP contribution in [0, 0.1) is 23.4 Å². The smallest absolute Gasteiger partial charge is 0.223 e. The molecule has 2 aromatic rings. The SMILES string of the molecule is O=C1CCCN1C(c1ccc(F)cc1)[C@@H](OCC1CC1)c1ccc(F)c(F)c1. The molecule has 2 fully saturated rings. The van der Waals surface area contributed by atoms with Gasteiger partial charge in [-0.2, -0.15) is 0 Å². The number of amides is 1. The Balaban J connectivity index is 1.75. The average Bonchev–Trinajstić information content (AvgIpc) is 3.42. The predicted octanol–water partition coefficient (Wildman–Crippen LogP) is 4.94.